The van der Waals surface area contributed by atoms with E-state index in [-0.39, 0.29) is 5.92 Å². The van der Waals surface area contributed by atoms with Crippen molar-refractivity contribution in [3.63, 3.8) is 0 Å². The van der Waals surface area contributed by atoms with E-state index in [4.69, 9.17) is 5.26 Å². The SMILES string of the molecule is C=CCCCCC(C#N)CC. The van der Waals surface area contributed by atoms with Gasteiger partial charge >= 0.3 is 0 Å². The smallest absolute Gasteiger partial charge is 0.0655 e. The fourth-order valence-corrected chi connectivity index (χ4v) is 1.04. The minimum atomic E-state index is 0.278. The van der Waals surface area contributed by atoms with E-state index in [9.17, 15) is 0 Å². The Labute approximate surface area is 69.7 Å². The van der Waals surface area contributed by atoms with E-state index in [1.807, 2.05) is 6.08 Å². The third-order valence-electron chi connectivity index (χ3n) is 1.89. The second-order valence-electron chi connectivity index (χ2n) is 2.81. The van der Waals surface area contributed by atoms with Crippen molar-refractivity contribution in [1.82, 2.24) is 0 Å². The van der Waals surface area contributed by atoms with Crippen LogP contribution in [0, 0.1) is 17.2 Å². The average Bonchev–Trinajstić information content (AvgIpc) is 2.05. The van der Waals surface area contributed by atoms with Crippen LogP contribution in [0.3, 0.4) is 0 Å². The molecule has 1 nitrogen and oxygen atoms in total. The van der Waals surface area contributed by atoms with Crippen molar-refractivity contribution in [2.75, 3.05) is 0 Å². The van der Waals surface area contributed by atoms with Gasteiger partial charge in [0.1, 0.15) is 0 Å². The molecule has 0 saturated heterocycles. The highest BCUT2D eigenvalue weighted by atomic mass is 14.3. The maximum Gasteiger partial charge on any atom is 0.0655 e. The van der Waals surface area contributed by atoms with Gasteiger partial charge in [-0.1, -0.05) is 19.4 Å². The van der Waals surface area contributed by atoms with Crippen molar-refractivity contribution in [2.24, 2.45) is 5.92 Å². The van der Waals surface area contributed by atoms with Gasteiger partial charge in [-0.05, 0) is 25.7 Å². The molecule has 0 fully saturated rings. The molecule has 1 unspecified atom stereocenters. The highest BCUT2D eigenvalue weighted by Gasteiger charge is 2.01. The van der Waals surface area contributed by atoms with E-state index < -0.39 is 0 Å². The lowest BCUT2D eigenvalue weighted by atomic mass is 10.0. The summed E-state index contributed by atoms with van der Waals surface area (Å²) in [6.07, 6.45) is 7.42. The number of unbranched alkanes of at least 4 members (excludes halogenated alkanes) is 2. The van der Waals surface area contributed by atoms with Crippen LogP contribution in [0.5, 0.6) is 0 Å². The van der Waals surface area contributed by atoms with Gasteiger partial charge in [0.05, 0.1) is 6.07 Å². The van der Waals surface area contributed by atoms with Crippen LogP contribution in [0.4, 0.5) is 0 Å². The van der Waals surface area contributed by atoms with Gasteiger partial charge in [0.2, 0.25) is 0 Å². The van der Waals surface area contributed by atoms with Gasteiger partial charge in [-0.3, -0.25) is 0 Å². The topological polar surface area (TPSA) is 23.8 Å². The molecule has 0 aromatic heterocycles. The molecule has 0 aromatic carbocycles. The summed E-state index contributed by atoms with van der Waals surface area (Å²) in [5, 5.41) is 8.61. The summed E-state index contributed by atoms with van der Waals surface area (Å²) in [6, 6.07) is 2.30. The lowest BCUT2D eigenvalue weighted by Crippen LogP contribution is -1.93. The van der Waals surface area contributed by atoms with Crippen molar-refractivity contribution < 1.29 is 0 Å². The Kier molecular flexibility index (Phi) is 6.82. The van der Waals surface area contributed by atoms with Gasteiger partial charge in [0.25, 0.3) is 0 Å². The molecule has 0 aliphatic rings. The molecular formula is C10H17N. The molecule has 0 radical (unpaired) electrons. The summed E-state index contributed by atoms with van der Waals surface area (Å²) in [7, 11) is 0. The summed E-state index contributed by atoms with van der Waals surface area (Å²) in [6.45, 7) is 5.72. The van der Waals surface area contributed by atoms with Crippen molar-refractivity contribution in [3.8, 4) is 6.07 Å². The van der Waals surface area contributed by atoms with Crippen LogP contribution in [0.15, 0.2) is 12.7 Å². The third-order valence-corrected chi connectivity index (χ3v) is 1.89. The van der Waals surface area contributed by atoms with Crippen LogP contribution in [-0.2, 0) is 0 Å². The number of rotatable bonds is 6. The number of nitrogens with zero attached hydrogens (tertiary/aromatic N) is 1. The first-order valence-electron chi connectivity index (χ1n) is 4.35. The van der Waals surface area contributed by atoms with Crippen LogP contribution in [0.1, 0.15) is 39.0 Å². The van der Waals surface area contributed by atoms with E-state index >= 15 is 0 Å². The summed E-state index contributed by atoms with van der Waals surface area (Å²) in [4.78, 5) is 0. The predicted molar refractivity (Wildman–Crippen MR) is 48.1 cm³/mol. The molecule has 0 amide bonds. The quantitative estimate of drug-likeness (QED) is 0.422. The Morgan fingerprint density at radius 2 is 2.27 bits per heavy atom. The van der Waals surface area contributed by atoms with Crippen molar-refractivity contribution in [3.05, 3.63) is 12.7 Å². The number of allylic oxidation sites excluding steroid dienone is 1. The van der Waals surface area contributed by atoms with Gasteiger partial charge < -0.3 is 0 Å². The molecule has 0 aliphatic heterocycles. The van der Waals surface area contributed by atoms with Gasteiger partial charge in [0.15, 0.2) is 0 Å². The van der Waals surface area contributed by atoms with E-state index in [0.29, 0.717) is 0 Å². The summed E-state index contributed by atoms with van der Waals surface area (Å²) in [5.41, 5.74) is 0. The fourth-order valence-electron chi connectivity index (χ4n) is 1.04. The summed E-state index contributed by atoms with van der Waals surface area (Å²) < 4.78 is 0. The molecule has 0 N–H and O–H groups in total. The Bertz CT molecular complexity index is 132. The molecule has 0 saturated carbocycles. The van der Waals surface area contributed by atoms with Crippen molar-refractivity contribution in [1.29, 1.82) is 5.26 Å². The highest BCUT2D eigenvalue weighted by molar-refractivity contribution is 4.81. The van der Waals surface area contributed by atoms with Crippen LogP contribution in [0.25, 0.3) is 0 Å². The normalized spacial score (nSPS) is 12.0. The monoisotopic (exact) mass is 151 g/mol. The Hall–Kier alpha value is -0.770. The van der Waals surface area contributed by atoms with Crippen LogP contribution in [-0.4, -0.2) is 0 Å². The minimum absolute atomic E-state index is 0.278. The van der Waals surface area contributed by atoms with Crippen molar-refractivity contribution >= 4 is 0 Å². The van der Waals surface area contributed by atoms with Gasteiger partial charge in [-0.15, -0.1) is 6.58 Å². The lowest BCUT2D eigenvalue weighted by molar-refractivity contribution is 0.542. The van der Waals surface area contributed by atoms with Gasteiger partial charge in [-0.25, -0.2) is 0 Å². The predicted octanol–water partition coefficient (Wildman–Crippen LogP) is 3.28. The lowest BCUT2D eigenvalue weighted by Gasteiger charge is -2.03. The number of hydrogen-bond acceptors (Lipinski definition) is 1. The Morgan fingerprint density at radius 1 is 1.55 bits per heavy atom. The molecule has 1 heteroatoms. The van der Waals surface area contributed by atoms with E-state index in [2.05, 4.69) is 19.6 Å². The molecule has 1 atom stereocenters. The first-order chi connectivity index (χ1) is 5.35. The standard InChI is InChI=1S/C10H17N/c1-3-5-6-7-8-10(4-2)9-11/h3,10H,1,4-8H2,2H3. The maximum absolute atomic E-state index is 8.61. The third kappa shape index (κ3) is 5.66. The van der Waals surface area contributed by atoms with E-state index in [1.165, 1.54) is 6.42 Å². The first-order valence-corrected chi connectivity index (χ1v) is 4.35. The second kappa shape index (κ2) is 7.34. The minimum Gasteiger partial charge on any atom is -0.198 e. The van der Waals surface area contributed by atoms with Crippen LogP contribution >= 0.6 is 0 Å². The summed E-state index contributed by atoms with van der Waals surface area (Å²) in [5.74, 6) is 0.278. The van der Waals surface area contributed by atoms with E-state index in [0.717, 1.165) is 25.7 Å². The number of nitriles is 1. The fraction of sp³-hybridized carbons (Fsp3) is 0.700. The Morgan fingerprint density at radius 3 is 2.73 bits per heavy atom. The zero-order valence-electron chi connectivity index (χ0n) is 7.34. The molecule has 0 bridgehead atoms. The van der Waals surface area contributed by atoms with Crippen LogP contribution < -0.4 is 0 Å². The average molecular weight is 151 g/mol. The van der Waals surface area contributed by atoms with Gasteiger partial charge in [-0.2, -0.15) is 5.26 Å². The van der Waals surface area contributed by atoms with Crippen molar-refractivity contribution in [2.45, 2.75) is 39.0 Å². The van der Waals surface area contributed by atoms with Crippen LogP contribution in [0.2, 0.25) is 0 Å². The molecular weight excluding hydrogens is 134 g/mol. The maximum atomic E-state index is 8.61. The molecule has 0 spiro atoms. The molecule has 0 aromatic rings. The highest BCUT2D eigenvalue weighted by Crippen LogP contribution is 2.11. The van der Waals surface area contributed by atoms with Gasteiger partial charge in [0, 0.05) is 5.92 Å². The zero-order chi connectivity index (χ0) is 8.53. The molecule has 0 heterocycles. The number of hydrogen-bond donors (Lipinski definition) is 0. The zero-order valence-corrected chi connectivity index (χ0v) is 7.34. The molecule has 0 aliphatic carbocycles. The molecule has 11 heavy (non-hydrogen) atoms. The second-order valence-corrected chi connectivity index (χ2v) is 2.81. The Balaban J connectivity index is 3.23. The van der Waals surface area contributed by atoms with E-state index in [1.54, 1.807) is 0 Å². The largest absolute Gasteiger partial charge is 0.198 e. The molecule has 0 rings (SSSR count). The first kappa shape index (κ1) is 10.2. The molecule has 62 valence electrons. The summed E-state index contributed by atoms with van der Waals surface area (Å²) >= 11 is 0.